The van der Waals surface area contributed by atoms with Crippen molar-refractivity contribution in [2.45, 2.75) is 4.90 Å². The smallest absolute Gasteiger partial charge is 0.261 e. The van der Waals surface area contributed by atoms with Gasteiger partial charge in [-0.1, -0.05) is 22.9 Å². The van der Waals surface area contributed by atoms with Crippen molar-refractivity contribution in [2.75, 3.05) is 38.3 Å². The molecule has 0 aliphatic rings. The number of halogens is 2. The van der Waals surface area contributed by atoms with Gasteiger partial charge >= 0.3 is 0 Å². The van der Waals surface area contributed by atoms with Gasteiger partial charge in [0, 0.05) is 18.0 Å². The summed E-state index contributed by atoms with van der Waals surface area (Å²) in [5.41, 5.74) is 1.11. The second-order valence-electron chi connectivity index (χ2n) is 6.21. The molecule has 1 heterocycles. The summed E-state index contributed by atoms with van der Waals surface area (Å²) in [7, 11) is 3.88. The minimum absolute atomic E-state index is 0.0978. The third-order valence-electron chi connectivity index (χ3n) is 3.99. The maximum absolute atomic E-state index is 13.4. The standard InChI is InChI=1S/C19H19ClFN3OS2/c1-23(2)8-9-24(18(25)14-6-4-12(21)10-15(14)20)19-22-16-7-5-13(26-3)11-17(16)27-19/h4-7,10-11H,8-9H2,1-3H3. The molecule has 3 aromatic rings. The van der Waals surface area contributed by atoms with Crippen molar-refractivity contribution in [2.24, 2.45) is 0 Å². The Morgan fingerprint density at radius 2 is 2.00 bits per heavy atom. The molecule has 0 bridgehead atoms. The summed E-state index contributed by atoms with van der Waals surface area (Å²) in [6, 6.07) is 9.86. The monoisotopic (exact) mass is 423 g/mol. The van der Waals surface area contributed by atoms with E-state index in [0.717, 1.165) is 21.2 Å². The molecule has 0 spiro atoms. The number of nitrogens with zero attached hydrogens (tertiary/aromatic N) is 3. The highest BCUT2D eigenvalue weighted by molar-refractivity contribution is 7.98. The highest BCUT2D eigenvalue weighted by Gasteiger charge is 2.23. The number of carbonyl (C=O) groups is 1. The Hall–Kier alpha value is -1.67. The van der Waals surface area contributed by atoms with E-state index in [1.165, 1.54) is 23.5 Å². The van der Waals surface area contributed by atoms with Crippen molar-refractivity contribution >= 4 is 56.0 Å². The number of hydrogen-bond donors (Lipinski definition) is 0. The molecule has 8 heteroatoms. The Morgan fingerprint density at radius 3 is 2.67 bits per heavy atom. The molecular formula is C19H19ClFN3OS2. The van der Waals surface area contributed by atoms with Crippen LogP contribution in [0.15, 0.2) is 41.3 Å². The Balaban J connectivity index is 2.01. The molecule has 0 saturated carbocycles. The van der Waals surface area contributed by atoms with Crippen molar-refractivity contribution in [3.63, 3.8) is 0 Å². The van der Waals surface area contributed by atoms with Gasteiger partial charge in [-0.25, -0.2) is 9.37 Å². The summed E-state index contributed by atoms with van der Waals surface area (Å²) >= 11 is 9.24. The second kappa shape index (κ2) is 8.56. The van der Waals surface area contributed by atoms with Crippen molar-refractivity contribution in [1.29, 1.82) is 0 Å². The number of amides is 1. The molecule has 1 aromatic heterocycles. The van der Waals surface area contributed by atoms with E-state index in [1.54, 1.807) is 16.7 Å². The first-order valence-electron chi connectivity index (χ1n) is 8.25. The van der Waals surface area contributed by atoms with Crippen molar-refractivity contribution in [3.8, 4) is 0 Å². The van der Waals surface area contributed by atoms with Crippen molar-refractivity contribution < 1.29 is 9.18 Å². The third-order valence-corrected chi connectivity index (χ3v) is 6.07. The average Bonchev–Trinajstić information content (AvgIpc) is 3.04. The third kappa shape index (κ3) is 4.60. The second-order valence-corrected chi connectivity index (χ2v) is 8.51. The topological polar surface area (TPSA) is 36.4 Å². The molecule has 0 radical (unpaired) electrons. The van der Waals surface area contributed by atoms with E-state index < -0.39 is 5.82 Å². The first-order valence-corrected chi connectivity index (χ1v) is 10.7. The number of fused-ring (bicyclic) bond motifs is 1. The number of carbonyl (C=O) groups excluding carboxylic acids is 1. The van der Waals surface area contributed by atoms with E-state index in [0.29, 0.717) is 18.2 Å². The van der Waals surface area contributed by atoms with E-state index >= 15 is 0 Å². The lowest BCUT2D eigenvalue weighted by atomic mass is 10.2. The molecule has 27 heavy (non-hydrogen) atoms. The van der Waals surface area contributed by atoms with Crippen LogP contribution in [0.25, 0.3) is 10.2 Å². The minimum atomic E-state index is -0.471. The van der Waals surface area contributed by atoms with E-state index in [9.17, 15) is 9.18 Å². The van der Waals surface area contributed by atoms with Crippen LogP contribution in [0.1, 0.15) is 10.4 Å². The average molecular weight is 424 g/mol. The van der Waals surface area contributed by atoms with Crippen LogP contribution in [0, 0.1) is 5.82 Å². The molecule has 2 aromatic carbocycles. The zero-order valence-corrected chi connectivity index (χ0v) is 17.6. The molecule has 0 unspecified atom stereocenters. The van der Waals surface area contributed by atoms with Crippen LogP contribution in [0.2, 0.25) is 5.02 Å². The first kappa shape index (κ1) is 20.1. The minimum Gasteiger partial charge on any atom is -0.308 e. The van der Waals surface area contributed by atoms with E-state index in [1.807, 2.05) is 37.4 Å². The van der Waals surface area contributed by atoms with E-state index in [-0.39, 0.29) is 16.5 Å². The normalized spacial score (nSPS) is 11.3. The van der Waals surface area contributed by atoms with Crippen LogP contribution in [-0.4, -0.2) is 49.2 Å². The summed E-state index contributed by atoms with van der Waals surface area (Å²) in [5, 5.41) is 0.705. The first-order chi connectivity index (χ1) is 12.9. The zero-order chi connectivity index (χ0) is 19.6. The summed E-state index contributed by atoms with van der Waals surface area (Å²) in [5.74, 6) is -0.757. The number of aromatic nitrogens is 1. The number of rotatable bonds is 6. The number of benzene rings is 2. The lowest BCUT2D eigenvalue weighted by Crippen LogP contribution is -2.36. The predicted molar refractivity (Wildman–Crippen MR) is 113 cm³/mol. The Bertz CT molecular complexity index is 977. The lowest BCUT2D eigenvalue weighted by Gasteiger charge is -2.22. The maximum atomic E-state index is 13.4. The van der Waals surface area contributed by atoms with Crippen LogP contribution >= 0.6 is 34.7 Å². The fourth-order valence-electron chi connectivity index (χ4n) is 2.53. The molecule has 0 aliphatic carbocycles. The fourth-order valence-corrected chi connectivity index (χ4v) is 4.32. The highest BCUT2D eigenvalue weighted by atomic mass is 35.5. The van der Waals surface area contributed by atoms with Gasteiger partial charge in [0.05, 0.1) is 20.8 Å². The molecule has 0 atom stereocenters. The van der Waals surface area contributed by atoms with Crippen LogP contribution in [0.4, 0.5) is 9.52 Å². The van der Waals surface area contributed by atoms with Gasteiger partial charge in [0.25, 0.3) is 5.91 Å². The van der Waals surface area contributed by atoms with Crippen LogP contribution in [0.3, 0.4) is 0 Å². The number of anilines is 1. The maximum Gasteiger partial charge on any atom is 0.261 e. The quantitative estimate of drug-likeness (QED) is 0.521. The van der Waals surface area contributed by atoms with Crippen molar-refractivity contribution in [1.82, 2.24) is 9.88 Å². The van der Waals surface area contributed by atoms with Crippen LogP contribution in [-0.2, 0) is 0 Å². The number of thiazole rings is 1. The lowest BCUT2D eigenvalue weighted by molar-refractivity contribution is 0.0985. The molecule has 1 amide bonds. The summed E-state index contributed by atoms with van der Waals surface area (Å²) < 4.78 is 14.4. The van der Waals surface area contributed by atoms with Gasteiger partial charge in [-0.15, -0.1) is 11.8 Å². The SMILES string of the molecule is CSc1ccc2nc(N(CCN(C)C)C(=O)c3ccc(F)cc3Cl)sc2c1. The highest BCUT2D eigenvalue weighted by Crippen LogP contribution is 2.33. The number of thioether (sulfide) groups is 1. The predicted octanol–water partition coefficient (Wildman–Crippen LogP) is 5.02. The zero-order valence-electron chi connectivity index (χ0n) is 15.2. The molecule has 142 valence electrons. The fraction of sp³-hybridized carbons (Fsp3) is 0.263. The molecular weight excluding hydrogens is 405 g/mol. The van der Waals surface area contributed by atoms with Gasteiger partial charge in [0.15, 0.2) is 5.13 Å². The summed E-state index contributed by atoms with van der Waals surface area (Å²) in [6.45, 7) is 1.12. The molecule has 0 fully saturated rings. The molecule has 4 nitrogen and oxygen atoms in total. The van der Waals surface area contributed by atoms with Gasteiger partial charge in [-0.05, 0) is 56.7 Å². The van der Waals surface area contributed by atoms with Gasteiger partial charge < -0.3 is 4.90 Å². The van der Waals surface area contributed by atoms with Gasteiger partial charge in [-0.3, -0.25) is 9.69 Å². The van der Waals surface area contributed by atoms with Gasteiger partial charge in [0.1, 0.15) is 5.82 Å². The summed E-state index contributed by atoms with van der Waals surface area (Å²) in [6.07, 6.45) is 2.02. The Labute approximate surface area is 170 Å². The van der Waals surface area contributed by atoms with Gasteiger partial charge in [0.2, 0.25) is 0 Å². The Morgan fingerprint density at radius 1 is 1.22 bits per heavy atom. The van der Waals surface area contributed by atoms with Crippen LogP contribution < -0.4 is 4.90 Å². The van der Waals surface area contributed by atoms with Crippen molar-refractivity contribution in [3.05, 3.63) is 52.8 Å². The molecule has 3 rings (SSSR count). The summed E-state index contributed by atoms with van der Waals surface area (Å²) in [4.78, 5) is 22.5. The molecule has 0 aliphatic heterocycles. The van der Waals surface area contributed by atoms with E-state index in [4.69, 9.17) is 11.6 Å². The van der Waals surface area contributed by atoms with E-state index in [2.05, 4.69) is 11.1 Å². The largest absolute Gasteiger partial charge is 0.308 e. The molecule has 0 saturated heterocycles. The Kier molecular flexibility index (Phi) is 6.37. The van der Waals surface area contributed by atoms with Gasteiger partial charge in [-0.2, -0.15) is 0 Å². The number of hydrogen-bond acceptors (Lipinski definition) is 5. The number of likely N-dealkylation sites (N-methyl/N-ethyl adjacent to an activating group) is 1. The molecule has 0 N–H and O–H groups in total. The van der Waals surface area contributed by atoms with Crippen LogP contribution in [0.5, 0.6) is 0 Å².